The zero-order chi connectivity index (χ0) is 23.8. The van der Waals surface area contributed by atoms with Gasteiger partial charge in [0.25, 0.3) is 11.8 Å². The van der Waals surface area contributed by atoms with E-state index >= 15 is 0 Å². The van der Waals surface area contributed by atoms with Gasteiger partial charge in [0.2, 0.25) is 5.91 Å². The van der Waals surface area contributed by atoms with E-state index in [2.05, 4.69) is 5.10 Å². The number of halogens is 1. The number of benzene rings is 1. The van der Waals surface area contributed by atoms with Crippen molar-refractivity contribution in [2.45, 2.75) is 38.6 Å². The van der Waals surface area contributed by atoms with E-state index in [9.17, 15) is 18.8 Å². The number of nitrogens with zero attached hydrogens (tertiary/aromatic N) is 5. The average Bonchev–Trinajstić information content (AvgIpc) is 3.51. The standard InChI is InChI=1S/C25H30FN5O3/c1-28-21-10-14-31(24(33)18-8-2-3-9-20(18)26)16-19(21)22(27-28)25(34)30-13-6-7-17(15-30)23(32)29-11-4-5-12-29/h2-3,8-9,17H,4-7,10-16H2,1H3/t17-/m0/s1. The van der Waals surface area contributed by atoms with E-state index in [1.54, 1.807) is 33.7 Å². The van der Waals surface area contributed by atoms with Crippen LogP contribution in [0.3, 0.4) is 0 Å². The number of likely N-dealkylation sites (tertiary alicyclic amines) is 2. The molecule has 1 atom stereocenters. The first-order chi connectivity index (χ1) is 16.4. The minimum atomic E-state index is -0.553. The molecule has 2 aromatic rings. The van der Waals surface area contributed by atoms with Crippen LogP contribution in [0.5, 0.6) is 0 Å². The summed E-state index contributed by atoms with van der Waals surface area (Å²) in [6.45, 7) is 3.25. The van der Waals surface area contributed by atoms with Crippen LogP contribution in [0.1, 0.15) is 57.8 Å². The highest BCUT2D eigenvalue weighted by atomic mass is 19.1. The Labute approximate surface area is 198 Å². The lowest BCUT2D eigenvalue weighted by atomic mass is 9.95. The van der Waals surface area contributed by atoms with Crippen LogP contribution in [-0.2, 0) is 24.8 Å². The predicted octanol–water partition coefficient (Wildman–Crippen LogP) is 2.23. The molecule has 0 unspecified atom stereocenters. The van der Waals surface area contributed by atoms with E-state index in [4.69, 9.17) is 0 Å². The molecule has 1 aromatic carbocycles. The third-order valence-corrected chi connectivity index (χ3v) is 7.31. The smallest absolute Gasteiger partial charge is 0.274 e. The van der Waals surface area contributed by atoms with Gasteiger partial charge in [0.05, 0.1) is 18.0 Å². The third-order valence-electron chi connectivity index (χ3n) is 7.31. The van der Waals surface area contributed by atoms with Crippen molar-refractivity contribution in [2.24, 2.45) is 13.0 Å². The Morgan fingerprint density at radius 3 is 2.44 bits per heavy atom. The Morgan fingerprint density at radius 2 is 1.68 bits per heavy atom. The van der Waals surface area contributed by atoms with Gasteiger partial charge < -0.3 is 14.7 Å². The maximum atomic E-state index is 14.2. The molecular weight excluding hydrogens is 437 g/mol. The number of aromatic nitrogens is 2. The highest BCUT2D eigenvalue weighted by Gasteiger charge is 2.36. The molecule has 0 saturated carbocycles. The van der Waals surface area contributed by atoms with Gasteiger partial charge in [-0.2, -0.15) is 5.10 Å². The first-order valence-electron chi connectivity index (χ1n) is 12.1. The van der Waals surface area contributed by atoms with Crippen LogP contribution in [0.2, 0.25) is 0 Å². The summed E-state index contributed by atoms with van der Waals surface area (Å²) in [6.07, 6.45) is 4.21. The summed E-state index contributed by atoms with van der Waals surface area (Å²) in [5.41, 5.74) is 2.00. The third kappa shape index (κ3) is 4.08. The maximum absolute atomic E-state index is 14.2. The first-order valence-corrected chi connectivity index (χ1v) is 12.1. The predicted molar refractivity (Wildman–Crippen MR) is 122 cm³/mol. The second-order valence-electron chi connectivity index (χ2n) is 9.48. The van der Waals surface area contributed by atoms with Crippen LogP contribution in [0.25, 0.3) is 0 Å². The molecule has 0 bridgehead atoms. The average molecular weight is 468 g/mol. The number of aryl methyl sites for hydroxylation is 1. The highest BCUT2D eigenvalue weighted by molar-refractivity contribution is 5.96. The van der Waals surface area contributed by atoms with E-state index in [0.717, 1.165) is 50.0 Å². The van der Waals surface area contributed by atoms with Gasteiger partial charge in [-0.15, -0.1) is 0 Å². The molecule has 0 radical (unpaired) electrons. The molecule has 2 saturated heterocycles. The summed E-state index contributed by atoms with van der Waals surface area (Å²) in [4.78, 5) is 44.7. The fourth-order valence-corrected chi connectivity index (χ4v) is 5.45. The van der Waals surface area contributed by atoms with Crippen molar-refractivity contribution in [1.82, 2.24) is 24.5 Å². The number of hydrogen-bond acceptors (Lipinski definition) is 4. The lowest BCUT2D eigenvalue weighted by Crippen LogP contribution is -2.46. The fourth-order valence-electron chi connectivity index (χ4n) is 5.45. The van der Waals surface area contributed by atoms with Gasteiger partial charge in [0.15, 0.2) is 5.69 Å². The van der Waals surface area contributed by atoms with Crippen LogP contribution in [0.15, 0.2) is 24.3 Å². The Bertz CT molecular complexity index is 1120. The van der Waals surface area contributed by atoms with Crippen molar-refractivity contribution in [2.75, 3.05) is 32.7 Å². The van der Waals surface area contributed by atoms with Crippen LogP contribution in [0.4, 0.5) is 4.39 Å². The second kappa shape index (κ2) is 9.19. The summed E-state index contributed by atoms with van der Waals surface area (Å²) in [5, 5.41) is 4.52. The summed E-state index contributed by atoms with van der Waals surface area (Å²) < 4.78 is 15.9. The number of hydrogen-bond donors (Lipinski definition) is 0. The van der Waals surface area contributed by atoms with Crippen molar-refractivity contribution in [3.8, 4) is 0 Å². The number of piperidine rings is 1. The molecular formula is C25H30FN5O3. The molecule has 5 rings (SSSR count). The number of carbonyl (C=O) groups excluding carboxylic acids is 3. The molecule has 2 fully saturated rings. The SMILES string of the molecule is Cn1nc(C(=O)N2CCC[C@H](C(=O)N3CCCC3)C2)c2c1CCN(C(=O)c1ccccc1F)C2. The molecule has 3 amide bonds. The topological polar surface area (TPSA) is 78.8 Å². The number of carbonyl (C=O) groups is 3. The van der Waals surface area contributed by atoms with Crippen LogP contribution >= 0.6 is 0 Å². The van der Waals surface area contributed by atoms with Crippen molar-refractivity contribution < 1.29 is 18.8 Å². The normalized spacial score (nSPS) is 20.4. The Hall–Kier alpha value is -3.23. The van der Waals surface area contributed by atoms with Gasteiger partial charge >= 0.3 is 0 Å². The van der Waals surface area contributed by atoms with Crippen LogP contribution in [-0.4, -0.2) is 74.9 Å². The van der Waals surface area contributed by atoms with Crippen LogP contribution < -0.4 is 0 Å². The molecule has 34 heavy (non-hydrogen) atoms. The molecule has 8 nitrogen and oxygen atoms in total. The van der Waals surface area contributed by atoms with E-state index in [-0.39, 0.29) is 35.7 Å². The van der Waals surface area contributed by atoms with Crippen molar-refractivity contribution in [3.05, 3.63) is 52.6 Å². The molecule has 0 aliphatic carbocycles. The summed E-state index contributed by atoms with van der Waals surface area (Å²) in [7, 11) is 1.81. The zero-order valence-electron chi connectivity index (χ0n) is 19.5. The van der Waals surface area contributed by atoms with Gasteiger partial charge in [-0.3, -0.25) is 19.1 Å². The van der Waals surface area contributed by atoms with E-state index in [1.165, 1.54) is 12.1 Å². The van der Waals surface area contributed by atoms with Crippen LogP contribution in [0, 0.1) is 11.7 Å². The first kappa shape index (κ1) is 22.6. The van der Waals surface area contributed by atoms with E-state index in [0.29, 0.717) is 31.7 Å². The Kier molecular flexibility index (Phi) is 6.10. The lowest BCUT2D eigenvalue weighted by molar-refractivity contribution is -0.135. The van der Waals surface area contributed by atoms with E-state index < -0.39 is 5.82 Å². The minimum Gasteiger partial charge on any atom is -0.342 e. The number of fused-ring (bicyclic) bond motifs is 1. The maximum Gasteiger partial charge on any atom is 0.274 e. The van der Waals surface area contributed by atoms with Gasteiger partial charge in [0, 0.05) is 57.4 Å². The molecule has 9 heteroatoms. The quantitative estimate of drug-likeness (QED) is 0.694. The molecule has 3 aliphatic heterocycles. The number of amides is 3. The molecule has 0 N–H and O–H groups in total. The Morgan fingerprint density at radius 1 is 0.941 bits per heavy atom. The molecule has 3 aliphatic rings. The largest absolute Gasteiger partial charge is 0.342 e. The summed E-state index contributed by atoms with van der Waals surface area (Å²) in [6, 6.07) is 5.95. The van der Waals surface area contributed by atoms with Gasteiger partial charge in [-0.1, -0.05) is 12.1 Å². The lowest BCUT2D eigenvalue weighted by Gasteiger charge is -2.34. The van der Waals surface area contributed by atoms with Gasteiger partial charge in [-0.25, -0.2) is 4.39 Å². The van der Waals surface area contributed by atoms with E-state index in [1.807, 2.05) is 4.90 Å². The summed E-state index contributed by atoms with van der Waals surface area (Å²) in [5.74, 6) is -1.16. The van der Waals surface area contributed by atoms with Crippen molar-refractivity contribution >= 4 is 17.7 Å². The zero-order valence-corrected chi connectivity index (χ0v) is 19.5. The molecule has 4 heterocycles. The second-order valence-corrected chi connectivity index (χ2v) is 9.48. The van der Waals surface area contributed by atoms with Crippen molar-refractivity contribution in [3.63, 3.8) is 0 Å². The van der Waals surface area contributed by atoms with Crippen molar-refractivity contribution in [1.29, 1.82) is 0 Å². The molecule has 0 spiro atoms. The Balaban J connectivity index is 1.34. The highest BCUT2D eigenvalue weighted by Crippen LogP contribution is 2.27. The minimum absolute atomic E-state index is 0.0296. The summed E-state index contributed by atoms with van der Waals surface area (Å²) >= 11 is 0. The molecule has 180 valence electrons. The monoisotopic (exact) mass is 467 g/mol. The molecule has 1 aromatic heterocycles. The fraction of sp³-hybridized carbons (Fsp3) is 0.520. The van der Waals surface area contributed by atoms with Gasteiger partial charge in [-0.05, 0) is 37.8 Å². The van der Waals surface area contributed by atoms with Gasteiger partial charge in [0.1, 0.15) is 5.82 Å². The number of rotatable bonds is 3.